The maximum absolute atomic E-state index is 6.46. The lowest BCUT2D eigenvalue weighted by atomic mass is 10.0. The van der Waals surface area contributed by atoms with Crippen molar-refractivity contribution in [2.45, 2.75) is 46.4 Å². The molecule has 2 aliphatic heterocycles. The maximum Gasteiger partial charge on any atom is 0.128 e. The number of ether oxygens (including phenoxy) is 2. The molecule has 8 nitrogen and oxygen atoms in total. The first-order valence-electron chi connectivity index (χ1n) is 14.0. The number of hydrogen-bond donors (Lipinski definition) is 6. The van der Waals surface area contributed by atoms with Gasteiger partial charge in [-0.2, -0.15) is 0 Å². The first-order valence-corrected chi connectivity index (χ1v) is 14.0. The molecule has 0 aromatic heterocycles. The third-order valence-corrected chi connectivity index (χ3v) is 6.73. The van der Waals surface area contributed by atoms with Crippen LogP contribution in [0.15, 0.2) is 24.3 Å². The molecule has 4 rings (SSSR count). The van der Waals surface area contributed by atoms with Gasteiger partial charge >= 0.3 is 0 Å². The largest absolute Gasteiger partial charge is 0.493 e. The molecule has 2 aromatic rings. The first-order chi connectivity index (χ1) is 18.2. The Labute approximate surface area is 222 Å². The summed E-state index contributed by atoms with van der Waals surface area (Å²) in [6.45, 7) is 16.2. The number of fused-ring (bicyclic) bond motifs is 4. The van der Waals surface area contributed by atoms with E-state index in [2.05, 4.69) is 70.0 Å². The van der Waals surface area contributed by atoms with Crippen molar-refractivity contribution in [2.24, 2.45) is 0 Å². The van der Waals surface area contributed by atoms with Crippen LogP contribution in [0.2, 0.25) is 0 Å². The molecule has 0 spiro atoms. The van der Waals surface area contributed by atoms with E-state index in [-0.39, 0.29) is 0 Å². The zero-order valence-corrected chi connectivity index (χ0v) is 22.7. The van der Waals surface area contributed by atoms with Crippen molar-refractivity contribution in [3.8, 4) is 11.5 Å². The molecule has 0 saturated carbocycles. The van der Waals surface area contributed by atoms with Gasteiger partial charge in [0, 0.05) is 107 Å². The second kappa shape index (κ2) is 15.3. The van der Waals surface area contributed by atoms with Gasteiger partial charge in [-0.15, -0.1) is 0 Å². The Morgan fingerprint density at radius 1 is 0.459 bits per heavy atom. The Balaban J connectivity index is 1.59. The number of nitrogens with one attached hydrogen (secondary N) is 6. The van der Waals surface area contributed by atoms with Crippen LogP contribution in [-0.4, -0.2) is 65.6 Å². The quantitative estimate of drug-likeness (QED) is 0.319. The Morgan fingerprint density at radius 3 is 1.08 bits per heavy atom. The Kier molecular flexibility index (Phi) is 11.5. The van der Waals surface area contributed by atoms with Crippen LogP contribution in [0.4, 0.5) is 0 Å². The second-order valence-corrected chi connectivity index (χ2v) is 10.1. The van der Waals surface area contributed by atoms with Crippen LogP contribution in [0.25, 0.3) is 0 Å². The predicted octanol–water partition coefficient (Wildman–Crippen LogP) is 1.72. The third-order valence-electron chi connectivity index (χ3n) is 6.73. The van der Waals surface area contributed by atoms with Gasteiger partial charge in [-0.25, -0.2) is 0 Å². The van der Waals surface area contributed by atoms with E-state index in [1.54, 1.807) is 0 Å². The molecule has 8 heteroatoms. The Morgan fingerprint density at radius 2 is 0.757 bits per heavy atom. The lowest BCUT2D eigenvalue weighted by molar-refractivity contribution is 0.241. The van der Waals surface area contributed by atoms with Crippen molar-refractivity contribution in [2.75, 3.05) is 65.6 Å². The Hall–Kier alpha value is -2.20. The minimum absolute atomic E-state index is 0.624. The second-order valence-electron chi connectivity index (χ2n) is 10.1. The molecule has 2 aromatic carbocycles. The van der Waals surface area contributed by atoms with Crippen LogP contribution in [0.1, 0.15) is 39.8 Å². The molecule has 0 atom stereocenters. The minimum Gasteiger partial charge on any atom is -0.493 e. The molecular formula is C29H46N6O2. The summed E-state index contributed by atoms with van der Waals surface area (Å²) >= 11 is 0. The Bertz CT molecular complexity index is 843. The first kappa shape index (κ1) is 27.8. The van der Waals surface area contributed by atoms with E-state index in [4.69, 9.17) is 9.47 Å². The maximum atomic E-state index is 6.46. The van der Waals surface area contributed by atoms with Crippen LogP contribution in [0, 0.1) is 13.8 Å². The van der Waals surface area contributed by atoms with E-state index in [0.717, 1.165) is 96.5 Å². The highest BCUT2D eigenvalue weighted by atomic mass is 16.5. The van der Waals surface area contributed by atoms with Crippen LogP contribution in [0.3, 0.4) is 0 Å². The van der Waals surface area contributed by atoms with E-state index < -0.39 is 0 Å². The van der Waals surface area contributed by atoms with Crippen molar-refractivity contribution in [3.05, 3.63) is 57.6 Å². The van der Waals surface area contributed by atoms with Crippen LogP contribution in [-0.2, 0) is 26.2 Å². The average molecular weight is 511 g/mol. The molecular weight excluding hydrogens is 464 g/mol. The highest BCUT2D eigenvalue weighted by Gasteiger charge is 2.14. The predicted molar refractivity (Wildman–Crippen MR) is 151 cm³/mol. The van der Waals surface area contributed by atoms with Gasteiger partial charge in [0.2, 0.25) is 0 Å². The molecule has 2 bridgehead atoms. The molecule has 204 valence electrons. The topological polar surface area (TPSA) is 90.6 Å². The summed E-state index contributed by atoms with van der Waals surface area (Å²) in [5.74, 6) is 2.03. The van der Waals surface area contributed by atoms with Gasteiger partial charge in [-0.3, -0.25) is 0 Å². The van der Waals surface area contributed by atoms with Crippen molar-refractivity contribution in [1.82, 2.24) is 31.9 Å². The van der Waals surface area contributed by atoms with Gasteiger partial charge in [0.1, 0.15) is 11.5 Å². The van der Waals surface area contributed by atoms with E-state index in [1.165, 1.54) is 33.4 Å². The monoisotopic (exact) mass is 510 g/mol. The normalized spacial score (nSPS) is 19.4. The smallest absolute Gasteiger partial charge is 0.128 e. The van der Waals surface area contributed by atoms with Crippen LogP contribution in [0.5, 0.6) is 11.5 Å². The van der Waals surface area contributed by atoms with Crippen molar-refractivity contribution < 1.29 is 9.47 Å². The molecule has 0 fully saturated rings. The summed E-state index contributed by atoms with van der Waals surface area (Å²) in [5, 5.41) is 21.5. The SMILES string of the molecule is Cc1cc2c3c(c1)CNCCNCCNCc1cc(C)cc(c1OCCCO3)CNCCNCCNC2. The highest BCUT2D eigenvalue weighted by molar-refractivity contribution is 5.45. The standard InChI is InChI=1S/C29H46N6O2/c1-22-14-24-18-32-8-4-30-6-10-34-20-26-16-23(2)17-27-21-35-11-7-31-5-9-33-19-25(15-22)28(24)36-12-3-13-37-29(26)27/h14-17,30-35H,3-13,18-21H2,1-2H3. The van der Waals surface area contributed by atoms with Gasteiger partial charge in [0.15, 0.2) is 0 Å². The molecule has 2 heterocycles. The van der Waals surface area contributed by atoms with E-state index in [1.807, 2.05) is 0 Å². The fourth-order valence-corrected chi connectivity index (χ4v) is 5.01. The molecule has 0 radical (unpaired) electrons. The summed E-state index contributed by atoms with van der Waals surface area (Å²) in [6.07, 6.45) is 0.828. The summed E-state index contributed by atoms with van der Waals surface area (Å²) < 4.78 is 12.9. The zero-order chi connectivity index (χ0) is 25.7. The number of aryl methyl sites for hydroxylation is 2. The molecule has 6 N–H and O–H groups in total. The summed E-state index contributed by atoms with van der Waals surface area (Å²) in [5.41, 5.74) is 7.43. The van der Waals surface area contributed by atoms with Crippen molar-refractivity contribution >= 4 is 0 Å². The number of rotatable bonds is 0. The fourth-order valence-electron chi connectivity index (χ4n) is 5.01. The third kappa shape index (κ3) is 8.95. The van der Waals surface area contributed by atoms with Crippen molar-refractivity contribution in [3.63, 3.8) is 0 Å². The van der Waals surface area contributed by atoms with E-state index >= 15 is 0 Å². The zero-order valence-electron chi connectivity index (χ0n) is 22.7. The summed E-state index contributed by atoms with van der Waals surface area (Å²) in [7, 11) is 0. The van der Waals surface area contributed by atoms with Crippen LogP contribution < -0.4 is 41.4 Å². The minimum atomic E-state index is 0.624. The van der Waals surface area contributed by atoms with Crippen LogP contribution >= 0.6 is 0 Å². The molecule has 0 saturated heterocycles. The van der Waals surface area contributed by atoms with Gasteiger partial charge in [0.05, 0.1) is 13.2 Å². The van der Waals surface area contributed by atoms with Gasteiger partial charge < -0.3 is 41.4 Å². The van der Waals surface area contributed by atoms with E-state index in [9.17, 15) is 0 Å². The lowest BCUT2D eigenvalue weighted by Crippen LogP contribution is -2.33. The highest BCUT2D eigenvalue weighted by Crippen LogP contribution is 2.28. The molecule has 0 unspecified atom stereocenters. The molecule has 37 heavy (non-hydrogen) atoms. The summed E-state index contributed by atoms with van der Waals surface area (Å²) in [4.78, 5) is 0. The van der Waals surface area contributed by atoms with Crippen molar-refractivity contribution in [1.29, 1.82) is 0 Å². The number of benzene rings is 2. The molecule has 0 aliphatic carbocycles. The fraction of sp³-hybridized carbons (Fsp3) is 0.586. The number of hydrogen-bond acceptors (Lipinski definition) is 8. The molecule has 0 amide bonds. The van der Waals surface area contributed by atoms with Gasteiger partial charge in [-0.05, 0) is 13.8 Å². The molecule has 2 aliphatic rings. The van der Waals surface area contributed by atoms with Gasteiger partial charge in [-0.1, -0.05) is 35.4 Å². The summed E-state index contributed by atoms with van der Waals surface area (Å²) in [6, 6.07) is 9.01. The lowest BCUT2D eigenvalue weighted by Gasteiger charge is -2.21. The average Bonchev–Trinajstić information content (AvgIpc) is 2.87. The van der Waals surface area contributed by atoms with E-state index in [0.29, 0.717) is 13.2 Å². The van der Waals surface area contributed by atoms with Gasteiger partial charge in [0.25, 0.3) is 0 Å².